The Labute approximate surface area is 251 Å². The third-order valence-electron chi connectivity index (χ3n) is 9.33. The molecule has 1 amide bonds. The molecular formula is C31H35F5N6O2. The van der Waals surface area contributed by atoms with Gasteiger partial charge in [-0.05, 0) is 79.0 Å². The molecule has 1 saturated heterocycles. The van der Waals surface area contributed by atoms with Crippen LogP contribution < -0.4 is 10.5 Å². The van der Waals surface area contributed by atoms with Crippen LogP contribution in [0.25, 0.3) is 0 Å². The molecule has 1 aromatic carbocycles. The Morgan fingerprint density at radius 1 is 1.09 bits per heavy atom. The van der Waals surface area contributed by atoms with E-state index in [9.17, 15) is 31.5 Å². The van der Waals surface area contributed by atoms with Crippen molar-refractivity contribution in [3.8, 4) is 0 Å². The molecule has 2 aliphatic heterocycles. The molecule has 2 fully saturated rings. The molecule has 44 heavy (non-hydrogen) atoms. The van der Waals surface area contributed by atoms with E-state index in [0.717, 1.165) is 41.5 Å². The summed E-state index contributed by atoms with van der Waals surface area (Å²) in [5, 5.41) is 8.26. The molecule has 1 atom stereocenters. The second-order valence-corrected chi connectivity index (χ2v) is 12.9. The van der Waals surface area contributed by atoms with E-state index in [-0.39, 0.29) is 29.3 Å². The normalized spacial score (nSPS) is 24.2. The predicted molar refractivity (Wildman–Crippen MR) is 153 cm³/mol. The summed E-state index contributed by atoms with van der Waals surface area (Å²) >= 11 is 0. The largest absolute Gasteiger partial charge is 0.416 e. The highest BCUT2D eigenvalue weighted by atomic mass is 19.4. The lowest BCUT2D eigenvalue weighted by Gasteiger charge is -2.46. The third kappa shape index (κ3) is 5.33. The van der Waals surface area contributed by atoms with E-state index in [2.05, 4.69) is 22.0 Å². The minimum absolute atomic E-state index is 0.120. The fourth-order valence-corrected chi connectivity index (χ4v) is 7.45. The van der Waals surface area contributed by atoms with Gasteiger partial charge >= 0.3 is 6.18 Å². The first-order valence-corrected chi connectivity index (χ1v) is 14.9. The van der Waals surface area contributed by atoms with E-state index >= 15 is 0 Å². The summed E-state index contributed by atoms with van der Waals surface area (Å²) in [6, 6.07) is 4.06. The predicted octanol–water partition coefficient (Wildman–Crippen LogP) is 5.37. The van der Waals surface area contributed by atoms with Gasteiger partial charge in [-0.25, -0.2) is 8.78 Å². The van der Waals surface area contributed by atoms with Crippen molar-refractivity contribution in [2.24, 2.45) is 18.9 Å². The zero-order valence-corrected chi connectivity index (χ0v) is 24.9. The molecule has 13 heteroatoms. The highest BCUT2D eigenvalue weighted by Gasteiger charge is 2.49. The van der Waals surface area contributed by atoms with E-state index in [1.54, 1.807) is 11.6 Å². The lowest BCUT2D eigenvalue weighted by molar-refractivity contribution is -0.138. The number of fused-ring (bicyclic) bond motifs is 1. The van der Waals surface area contributed by atoms with E-state index < -0.39 is 48.1 Å². The maximum absolute atomic E-state index is 14.4. The van der Waals surface area contributed by atoms with Gasteiger partial charge in [-0.1, -0.05) is 13.8 Å². The van der Waals surface area contributed by atoms with Crippen LogP contribution in [0.5, 0.6) is 0 Å². The molecule has 6 rings (SSSR count). The average molecular weight is 619 g/mol. The van der Waals surface area contributed by atoms with E-state index in [4.69, 9.17) is 0 Å². The molecule has 0 N–H and O–H groups in total. The lowest BCUT2D eigenvalue weighted by Crippen LogP contribution is -2.45. The van der Waals surface area contributed by atoms with Gasteiger partial charge in [0.1, 0.15) is 17.8 Å². The van der Waals surface area contributed by atoms with Gasteiger partial charge in [0, 0.05) is 31.9 Å². The number of carbonyl (C=O) groups is 1. The average Bonchev–Trinajstić information content (AvgIpc) is 3.50. The van der Waals surface area contributed by atoms with Crippen LogP contribution in [0.2, 0.25) is 0 Å². The summed E-state index contributed by atoms with van der Waals surface area (Å²) < 4.78 is 73.2. The monoisotopic (exact) mass is 618 g/mol. The topological polar surface area (TPSA) is 76.3 Å². The third-order valence-corrected chi connectivity index (χ3v) is 9.33. The Bertz CT molecular complexity index is 1640. The quantitative estimate of drug-likeness (QED) is 0.333. The zero-order valence-electron chi connectivity index (χ0n) is 24.9. The zero-order chi connectivity index (χ0) is 31.6. The summed E-state index contributed by atoms with van der Waals surface area (Å²) in [7, 11) is 1.76. The molecule has 3 aliphatic rings. The number of aromatic nitrogens is 4. The van der Waals surface area contributed by atoms with Crippen LogP contribution in [-0.2, 0) is 38.3 Å². The van der Waals surface area contributed by atoms with Crippen molar-refractivity contribution < 1.29 is 26.7 Å². The number of hydrogen-bond donors (Lipinski definition) is 0. The fourth-order valence-electron chi connectivity index (χ4n) is 7.45. The van der Waals surface area contributed by atoms with Crippen molar-refractivity contribution in [1.82, 2.24) is 24.2 Å². The van der Waals surface area contributed by atoms with Crippen LogP contribution in [0.1, 0.15) is 78.0 Å². The fraction of sp³-hybridized carbons (Fsp3) is 0.548. The van der Waals surface area contributed by atoms with Crippen molar-refractivity contribution in [2.45, 2.75) is 77.2 Å². The van der Waals surface area contributed by atoms with Crippen molar-refractivity contribution in [2.75, 3.05) is 18.0 Å². The van der Waals surface area contributed by atoms with Gasteiger partial charge in [-0.15, -0.1) is 10.2 Å². The van der Waals surface area contributed by atoms with E-state index in [0.29, 0.717) is 35.7 Å². The number of aryl methyl sites for hydroxylation is 1. The van der Waals surface area contributed by atoms with Gasteiger partial charge in [0.2, 0.25) is 0 Å². The number of benzene rings is 1. The molecule has 0 bridgehead atoms. The number of piperidine rings is 1. The number of carbonyl (C=O) groups excluding carboxylic acids is 1. The molecule has 8 nitrogen and oxygen atoms in total. The number of hydrogen-bond acceptors (Lipinski definition) is 5. The molecule has 2 aromatic heterocycles. The summed E-state index contributed by atoms with van der Waals surface area (Å²) in [4.78, 5) is 30.6. The van der Waals surface area contributed by atoms with Crippen molar-refractivity contribution in [3.63, 3.8) is 0 Å². The highest BCUT2D eigenvalue weighted by molar-refractivity contribution is 6.10. The number of anilines is 1. The molecule has 1 aliphatic carbocycles. The molecule has 4 heterocycles. The molecular weight excluding hydrogens is 583 g/mol. The van der Waals surface area contributed by atoms with Crippen molar-refractivity contribution >= 4 is 11.6 Å². The Morgan fingerprint density at radius 3 is 2.45 bits per heavy atom. The van der Waals surface area contributed by atoms with Gasteiger partial charge in [0.25, 0.3) is 17.9 Å². The maximum atomic E-state index is 14.4. The summed E-state index contributed by atoms with van der Waals surface area (Å²) in [6.45, 7) is 4.49. The van der Waals surface area contributed by atoms with Crippen LogP contribution in [0.15, 0.2) is 35.5 Å². The van der Waals surface area contributed by atoms with Crippen LogP contribution in [0.4, 0.5) is 27.6 Å². The van der Waals surface area contributed by atoms with E-state index in [1.807, 2.05) is 6.92 Å². The minimum Gasteiger partial charge on any atom is -0.320 e. The molecule has 0 spiro atoms. The molecule has 0 radical (unpaired) electrons. The first-order valence-electron chi connectivity index (χ1n) is 14.9. The second-order valence-electron chi connectivity index (χ2n) is 12.9. The van der Waals surface area contributed by atoms with Crippen LogP contribution in [-0.4, -0.2) is 49.7 Å². The van der Waals surface area contributed by atoms with E-state index in [1.165, 1.54) is 24.7 Å². The molecule has 0 unspecified atom stereocenters. The number of nitrogens with zero attached hydrogens (tertiary/aromatic N) is 6. The van der Waals surface area contributed by atoms with Crippen LogP contribution in [0.3, 0.4) is 0 Å². The number of halogens is 5. The summed E-state index contributed by atoms with van der Waals surface area (Å²) in [5.74, 6) is 0.505. The standard InChI is InChI=1S/C31H35F5N6O2/c1-18-5-4-6-40(12-18)13-20-7-22-23(24(8-20)31(34,35)36)15-42(27(22)43)25-9-21(14-41(28(25)44)16-26(32)33)30(10-19(2)11-30)29-38-37-17-39(29)3/h7-9,14,17-19,26H,4-6,10-13,15-16H2,1-3H3/t18-,19?,30?/m0/s1. The number of rotatable bonds is 7. The van der Waals surface area contributed by atoms with Crippen molar-refractivity contribution in [1.29, 1.82) is 0 Å². The second kappa shape index (κ2) is 11.1. The first-order chi connectivity index (χ1) is 20.8. The van der Waals surface area contributed by atoms with Crippen molar-refractivity contribution in [3.05, 3.63) is 74.7 Å². The Hall–Kier alpha value is -3.61. The first kappa shape index (κ1) is 30.4. The van der Waals surface area contributed by atoms with Gasteiger partial charge in [-0.2, -0.15) is 13.2 Å². The molecule has 1 saturated carbocycles. The van der Waals surface area contributed by atoms with Crippen LogP contribution in [0, 0.1) is 11.8 Å². The number of alkyl halides is 5. The Balaban J connectivity index is 1.44. The SMILES string of the molecule is CC1CC(c2cc(N3Cc4c(cc(CN5CCC[C@H](C)C5)cc4C(F)(F)F)C3=O)c(=O)n(CC(F)F)c2)(c2nncn2C)C1. The van der Waals surface area contributed by atoms with Gasteiger partial charge in [0.05, 0.1) is 24.1 Å². The summed E-state index contributed by atoms with van der Waals surface area (Å²) in [6.07, 6.45) is -1.52. The van der Waals surface area contributed by atoms with Crippen LogP contribution >= 0.6 is 0 Å². The smallest absolute Gasteiger partial charge is 0.320 e. The lowest BCUT2D eigenvalue weighted by atomic mass is 9.59. The maximum Gasteiger partial charge on any atom is 0.416 e. The minimum atomic E-state index is -4.74. The van der Waals surface area contributed by atoms with Gasteiger partial charge in [-0.3, -0.25) is 19.4 Å². The summed E-state index contributed by atoms with van der Waals surface area (Å²) in [5.41, 5.74) is -2.26. The number of likely N-dealkylation sites (tertiary alicyclic amines) is 1. The number of amides is 1. The van der Waals surface area contributed by atoms with Gasteiger partial charge < -0.3 is 9.13 Å². The number of pyridine rings is 1. The molecule has 3 aromatic rings. The van der Waals surface area contributed by atoms with Gasteiger partial charge in [0.15, 0.2) is 0 Å². The Kier molecular flexibility index (Phi) is 7.66. The highest BCUT2D eigenvalue weighted by Crippen LogP contribution is 2.52. The Morgan fingerprint density at radius 2 is 1.84 bits per heavy atom. The molecule has 236 valence electrons.